The summed E-state index contributed by atoms with van der Waals surface area (Å²) in [6, 6.07) is 6.50. The van der Waals surface area contributed by atoms with Crippen molar-refractivity contribution in [3.8, 4) is 0 Å². The van der Waals surface area contributed by atoms with E-state index in [0.29, 0.717) is 22.2 Å². The quantitative estimate of drug-likeness (QED) is 0.463. The Bertz CT molecular complexity index is 727. The molecule has 0 saturated heterocycles. The number of amides is 1. The molecule has 1 aromatic heterocycles. The normalized spacial score (nSPS) is 10.7. The summed E-state index contributed by atoms with van der Waals surface area (Å²) in [7, 11) is 0. The number of ether oxygens (including phenoxy) is 1. The molecule has 0 spiro atoms. The lowest BCUT2D eigenvalue weighted by Gasteiger charge is -2.09. The Labute approximate surface area is 143 Å². The maximum absolute atomic E-state index is 11.9. The first-order valence-corrected chi connectivity index (χ1v) is 8.26. The van der Waals surface area contributed by atoms with Crippen molar-refractivity contribution in [2.45, 2.75) is 32.0 Å². The number of rotatable bonds is 6. The van der Waals surface area contributed by atoms with Gasteiger partial charge in [-0.15, -0.1) is 10.2 Å². The van der Waals surface area contributed by atoms with Crippen LogP contribution in [0.1, 0.15) is 30.0 Å². The lowest BCUT2D eigenvalue weighted by Crippen LogP contribution is -2.16. The molecule has 2 aromatic rings. The summed E-state index contributed by atoms with van der Waals surface area (Å²) in [6.07, 6.45) is -0.179. The topological polar surface area (TPSA) is 112 Å². The second kappa shape index (κ2) is 7.82. The number of aryl methyl sites for hydroxylation is 1. The van der Waals surface area contributed by atoms with E-state index in [4.69, 9.17) is 10.6 Å². The van der Waals surface area contributed by atoms with Crippen LogP contribution in [0.15, 0.2) is 29.4 Å². The molecule has 0 radical (unpaired) electrons. The summed E-state index contributed by atoms with van der Waals surface area (Å²) >= 11 is 1.19. The molecule has 2 rings (SSSR count). The van der Waals surface area contributed by atoms with E-state index >= 15 is 0 Å². The molecule has 8 nitrogen and oxygen atoms in total. The molecular formula is C15H19N5O3S. The van der Waals surface area contributed by atoms with Crippen LogP contribution in [-0.4, -0.2) is 38.6 Å². The molecule has 24 heavy (non-hydrogen) atoms. The lowest BCUT2D eigenvalue weighted by atomic mass is 10.2. The van der Waals surface area contributed by atoms with Crippen LogP contribution in [0.3, 0.4) is 0 Å². The second-order valence-corrected chi connectivity index (χ2v) is 6.21. The van der Waals surface area contributed by atoms with Gasteiger partial charge in [0.25, 0.3) is 0 Å². The first-order valence-electron chi connectivity index (χ1n) is 7.27. The summed E-state index contributed by atoms with van der Waals surface area (Å²) in [4.78, 5) is 23.7. The summed E-state index contributed by atoms with van der Waals surface area (Å²) in [5.74, 6) is 5.83. The Balaban J connectivity index is 1.87. The van der Waals surface area contributed by atoms with Gasteiger partial charge in [0, 0.05) is 5.69 Å². The smallest absolute Gasteiger partial charge is 0.338 e. The van der Waals surface area contributed by atoms with Crippen LogP contribution < -0.4 is 11.2 Å². The second-order valence-electron chi connectivity index (χ2n) is 5.27. The van der Waals surface area contributed by atoms with Crippen molar-refractivity contribution in [3.05, 3.63) is 35.7 Å². The molecule has 9 heteroatoms. The highest BCUT2D eigenvalue weighted by Crippen LogP contribution is 2.16. The molecule has 0 aliphatic carbocycles. The van der Waals surface area contributed by atoms with E-state index in [1.54, 1.807) is 45.0 Å². The summed E-state index contributed by atoms with van der Waals surface area (Å²) in [6.45, 7) is 5.30. The molecule has 0 unspecified atom stereocenters. The highest BCUT2D eigenvalue weighted by molar-refractivity contribution is 7.99. The van der Waals surface area contributed by atoms with Gasteiger partial charge in [0.2, 0.25) is 11.1 Å². The zero-order valence-electron chi connectivity index (χ0n) is 13.6. The number of nitrogen functional groups attached to an aromatic ring is 1. The standard InChI is InChI=1S/C15H19N5O3S/c1-9(2)23-14(22)11-4-6-12(7-5-11)17-13(21)8-24-15-19-18-10(3)20(15)16/h4-7,9H,8,16H2,1-3H3,(H,17,21). The lowest BCUT2D eigenvalue weighted by molar-refractivity contribution is -0.113. The minimum atomic E-state index is -0.393. The fourth-order valence-electron chi connectivity index (χ4n) is 1.75. The Hall–Kier alpha value is -2.55. The van der Waals surface area contributed by atoms with Crippen molar-refractivity contribution in [2.24, 2.45) is 0 Å². The summed E-state index contributed by atoms with van der Waals surface area (Å²) in [5, 5.41) is 10.9. The maximum atomic E-state index is 11.9. The first kappa shape index (κ1) is 17.8. The van der Waals surface area contributed by atoms with Gasteiger partial charge in [-0.05, 0) is 45.0 Å². The number of nitrogens with two attached hydrogens (primary N) is 1. The van der Waals surface area contributed by atoms with E-state index in [2.05, 4.69) is 15.5 Å². The van der Waals surface area contributed by atoms with Crippen molar-refractivity contribution >= 4 is 29.3 Å². The van der Waals surface area contributed by atoms with Gasteiger partial charge in [0.05, 0.1) is 17.4 Å². The average Bonchev–Trinajstić information content (AvgIpc) is 2.84. The molecule has 0 fully saturated rings. The highest BCUT2D eigenvalue weighted by Gasteiger charge is 2.11. The minimum absolute atomic E-state index is 0.145. The minimum Gasteiger partial charge on any atom is -0.459 e. The number of thioether (sulfide) groups is 1. The molecule has 0 bridgehead atoms. The predicted molar refractivity (Wildman–Crippen MR) is 91.3 cm³/mol. The Morgan fingerprint density at radius 3 is 2.50 bits per heavy atom. The van der Waals surface area contributed by atoms with Gasteiger partial charge >= 0.3 is 5.97 Å². The average molecular weight is 349 g/mol. The van der Waals surface area contributed by atoms with Gasteiger partial charge in [-0.1, -0.05) is 11.8 Å². The van der Waals surface area contributed by atoms with Crippen molar-refractivity contribution in [1.82, 2.24) is 14.9 Å². The Morgan fingerprint density at radius 1 is 1.29 bits per heavy atom. The van der Waals surface area contributed by atoms with Crippen molar-refractivity contribution < 1.29 is 14.3 Å². The van der Waals surface area contributed by atoms with Gasteiger partial charge in [-0.2, -0.15) is 0 Å². The van der Waals surface area contributed by atoms with Crippen molar-refractivity contribution in [2.75, 3.05) is 16.9 Å². The number of benzene rings is 1. The van der Waals surface area contributed by atoms with E-state index in [1.165, 1.54) is 16.4 Å². The van der Waals surface area contributed by atoms with Gasteiger partial charge < -0.3 is 15.9 Å². The van der Waals surface area contributed by atoms with Crippen LogP contribution in [0.4, 0.5) is 5.69 Å². The zero-order chi connectivity index (χ0) is 17.7. The van der Waals surface area contributed by atoms with Crippen LogP contribution in [0.25, 0.3) is 0 Å². The third kappa shape index (κ3) is 4.72. The molecular weight excluding hydrogens is 330 g/mol. The number of hydrogen-bond acceptors (Lipinski definition) is 7. The summed E-state index contributed by atoms with van der Waals surface area (Å²) in [5.41, 5.74) is 1.02. The number of aromatic nitrogens is 3. The molecule has 0 atom stereocenters. The fourth-order valence-corrected chi connectivity index (χ4v) is 2.45. The number of anilines is 1. The van der Waals surface area contributed by atoms with Crippen LogP contribution in [0, 0.1) is 6.92 Å². The number of carbonyl (C=O) groups is 2. The first-order chi connectivity index (χ1) is 11.4. The molecule has 128 valence electrons. The largest absolute Gasteiger partial charge is 0.459 e. The molecule has 1 heterocycles. The van der Waals surface area contributed by atoms with Gasteiger partial charge in [-0.25, -0.2) is 9.47 Å². The maximum Gasteiger partial charge on any atom is 0.338 e. The predicted octanol–water partition coefficient (Wildman–Crippen LogP) is 1.60. The highest BCUT2D eigenvalue weighted by atomic mass is 32.2. The van der Waals surface area contributed by atoms with E-state index < -0.39 is 5.97 Å². The zero-order valence-corrected chi connectivity index (χ0v) is 14.5. The van der Waals surface area contributed by atoms with Crippen molar-refractivity contribution in [3.63, 3.8) is 0 Å². The van der Waals surface area contributed by atoms with Crippen LogP contribution in [0.2, 0.25) is 0 Å². The van der Waals surface area contributed by atoms with Gasteiger partial charge in [-0.3, -0.25) is 4.79 Å². The van der Waals surface area contributed by atoms with Crippen LogP contribution >= 0.6 is 11.8 Å². The molecule has 0 aliphatic rings. The van der Waals surface area contributed by atoms with Gasteiger partial charge in [0.15, 0.2) is 0 Å². The molecule has 1 aromatic carbocycles. The molecule has 3 N–H and O–H groups in total. The third-order valence-electron chi connectivity index (χ3n) is 2.91. The van der Waals surface area contributed by atoms with Crippen molar-refractivity contribution in [1.29, 1.82) is 0 Å². The van der Waals surface area contributed by atoms with E-state index in [-0.39, 0.29) is 17.8 Å². The summed E-state index contributed by atoms with van der Waals surface area (Å²) < 4.78 is 6.43. The number of nitrogens with one attached hydrogen (secondary N) is 1. The van der Waals surface area contributed by atoms with E-state index in [0.717, 1.165) is 0 Å². The Morgan fingerprint density at radius 2 is 1.96 bits per heavy atom. The SMILES string of the molecule is Cc1nnc(SCC(=O)Nc2ccc(C(=O)OC(C)C)cc2)n1N. The Kier molecular flexibility index (Phi) is 5.80. The number of nitrogens with zero attached hydrogens (tertiary/aromatic N) is 3. The number of hydrogen-bond donors (Lipinski definition) is 2. The molecule has 0 saturated carbocycles. The van der Waals surface area contributed by atoms with E-state index in [1.807, 2.05) is 0 Å². The third-order valence-corrected chi connectivity index (χ3v) is 3.86. The fraction of sp³-hybridized carbons (Fsp3) is 0.333. The number of carbonyl (C=O) groups excluding carboxylic acids is 2. The number of esters is 1. The van der Waals surface area contributed by atoms with E-state index in [9.17, 15) is 9.59 Å². The van der Waals surface area contributed by atoms with Crippen LogP contribution in [-0.2, 0) is 9.53 Å². The van der Waals surface area contributed by atoms with Gasteiger partial charge in [0.1, 0.15) is 5.82 Å². The molecule has 1 amide bonds. The van der Waals surface area contributed by atoms with Crippen LogP contribution in [0.5, 0.6) is 0 Å². The monoisotopic (exact) mass is 349 g/mol. The molecule has 0 aliphatic heterocycles.